The molecule has 0 bridgehead atoms. The molecule has 1 saturated carbocycles. The fourth-order valence-electron chi connectivity index (χ4n) is 3.87. The topological polar surface area (TPSA) is 125 Å². The highest BCUT2D eigenvalue weighted by molar-refractivity contribution is 7.92. The smallest absolute Gasteiger partial charge is 0.325 e. The van der Waals surface area contributed by atoms with E-state index in [9.17, 15) is 22.8 Å². The van der Waals surface area contributed by atoms with Gasteiger partial charge in [0.25, 0.3) is 11.8 Å². The van der Waals surface area contributed by atoms with E-state index < -0.39 is 21.5 Å². The molecule has 0 atom stereocenters. The van der Waals surface area contributed by atoms with Crippen LogP contribution in [-0.4, -0.2) is 56.0 Å². The van der Waals surface area contributed by atoms with Crippen LogP contribution in [0.1, 0.15) is 48.0 Å². The number of aryl methyl sites for hydroxylation is 1. The maximum absolute atomic E-state index is 12.6. The first-order valence-corrected chi connectivity index (χ1v) is 11.5. The predicted octanol–water partition coefficient (Wildman–Crippen LogP) is 1.35. The molecule has 0 aromatic heterocycles. The molecule has 0 radical (unpaired) electrons. The molecule has 1 spiro atoms. The number of carbonyl (C=O) groups excluding carboxylic acids is 3. The van der Waals surface area contributed by atoms with Crippen molar-refractivity contribution in [2.75, 3.05) is 24.1 Å². The average Bonchev–Trinajstić information content (AvgIpc) is 3.19. The van der Waals surface area contributed by atoms with E-state index in [-0.39, 0.29) is 36.3 Å². The summed E-state index contributed by atoms with van der Waals surface area (Å²) in [6.07, 6.45) is 4.63. The largest absolute Gasteiger partial charge is 0.352 e. The highest BCUT2D eigenvalue weighted by atomic mass is 32.2. The molecule has 10 heteroatoms. The van der Waals surface area contributed by atoms with Gasteiger partial charge in [0.1, 0.15) is 5.54 Å². The Labute approximate surface area is 170 Å². The molecule has 1 aliphatic heterocycles. The third-order valence-corrected chi connectivity index (χ3v) is 5.85. The molecule has 0 unspecified atom stereocenters. The van der Waals surface area contributed by atoms with E-state index in [4.69, 9.17) is 0 Å². The molecule has 2 fully saturated rings. The Morgan fingerprint density at radius 1 is 1.24 bits per heavy atom. The van der Waals surface area contributed by atoms with Gasteiger partial charge >= 0.3 is 6.03 Å². The number of urea groups is 1. The summed E-state index contributed by atoms with van der Waals surface area (Å²) in [7, 11) is -3.52. The van der Waals surface area contributed by atoms with Crippen molar-refractivity contribution in [3.8, 4) is 0 Å². The number of hydrogen-bond acceptors (Lipinski definition) is 5. The molecule has 1 saturated heterocycles. The molecule has 158 valence electrons. The number of amides is 4. The fourth-order valence-corrected chi connectivity index (χ4v) is 4.44. The molecule has 29 heavy (non-hydrogen) atoms. The number of benzene rings is 1. The zero-order valence-corrected chi connectivity index (χ0v) is 17.4. The number of nitrogens with one attached hydrogen (secondary N) is 3. The summed E-state index contributed by atoms with van der Waals surface area (Å²) in [5.74, 6) is -0.603. The van der Waals surface area contributed by atoms with Gasteiger partial charge in [0.15, 0.2) is 0 Å². The maximum Gasteiger partial charge on any atom is 0.325 e. The Hall–Kier alpha value is -2.62. The molecule has 1 aromatic rings. The number of sulfonamides is 1. The van der Waals surface area contributed by atoms with Crippen molar-refractivity contribution < 1.29 is 22.8 Å². The molecule has 1 aromatic carbocycles. The van der Waals surface area contributed by atoms with E-state index >= 15 is 0 Å². The average molecular weight is 423 g/mol. The van der Waals surface area contributed by atoms with Gasteiger partial charge in [-0.1, -0.05) is 24.5 Å². The number of rotatable bonds is 7. The first kappa shape index (κ1) is 21.1. The number of hydrogen-bond donors (Lipinski definition) is 3. The third-order valence-electron chi connectivity index (χ3n) is 5.26. The van der Waals surface area contributed by atoms with E-state index in [0.29, 0.717) is 19.3 Å². The predicted molar refractivity (Wildman–Crippen MR) is 108 cm³/mol. The van der Waals surface area contributed by atoms with Crippen LogP contribution in [0, 0.1) is 6.92 Å². The molecule has 2 aliphatic rings. The highest BCUT2D eigenvalue weighted by Crippen LogP contribution is 2.35. The van der Waals surface area contributed by atoms with Crippen molar-refractivity contribution in [2.45, 2.75) is 44.6 Å². The summed E-state index contributed by atoms with van der Waals surface area (Å²) in [4.78, 5) is 38.5. The Morgan fingerprint density at radius 3 is 2.59 bits per heavy atom. The van der Waals surface area contributed by atoms with Crippen LogP contribution in [-0.2, 0) is 14.8 Å². The SMILES string of the molecule is Cc1ccc(NS(C)(=O)=O)c(C(=O)NCCCN2C(=O)NC3(CCCC3)C2=O)c1. The minimum absolute atomic E-state index is 0.176. The van der Waals surface area contributed by atoms with Crippen molar-refractivity contribution in [3.63, 3.8) is 0 Å². The molecular formula is C19H26N4O5S. The minimum Gasteiger partial charge on any atom is -0.352 e. The molecule has 3 N–H and O–H groups in total. The van der Waals surface area contributed by atoms with Crippen molar-refractivity contribution in [1.82, 2.24) is 15.5 Å². The summed E-state index contributed by atoms with van der Waals surface area (Å²) >= 11 is 0. The normalized spacial score (nSPS) is 18.2. The summed E-state index contributed by atoms with van der Waals surface area (Å²) in [6.45, 7) is 2.27. The van der Waals surface area contributed by atoms with Crippen LogP contribution in [0.4, 0.5) is 10.5 Å². The van der Waals surface area contributed by atoms with Gasteiger partial charge in [0.2, 0.25) is 10.0 Å². The van der Waals surface area contributed by atoms with Crippen LogP contribution in [0.2, 0.25) is 0 Å². The van der Waals surface area contributed by atoms with Gasteiger partial charge in [-0.15, -0.1) is 0 Å². The van der Waals surface area contributed by atoms with E-state index in [1.165, 1.54) is 4.90 Å². The number of carbonyl (C=O) groups is 3. The van der Waals surface area contributed by atoms with Gasteiger partial charge in [-0.05, 0) is 38.3 Å². The Morgan fingerprint density at radius 2 is 1.93 bits per heavy atom. The monoisotopic (exact) mass is 422 g/mol. The van der Waals surface area contributed by atoms with E-state index in [1.54, 1.807) is 25.1 Å². The van der Waals surface area contributed by atoms with Crippen LogP contribution in [0.15, 0.2) is 18.2 Å². The summed E-state index contributed by atoms with van der Waals surface area (Å²) < 4.78 is 25.4. The Kier molecular flexibility index (Phi) is 5.83. The molecule has 9 nitrogen and oxygen atoms in total. The number of imide groups is 1. The summed E-state index contributed by atoms with van der Waals surface area (Å²) in [6, 6.07) is 4.48. The summed E-state index contributed by atoms with van der Waals surface area (Å²) in [5.41, 5.74) is 0.507. The zero-order valence-electron chi connectivity index (χ0n) is 16.6. The Bertz CT molecular complexity index is 938. The first-order chi connectivity index (χ1) is 13.6. The van der Waals surface area contributed by atoms with Gasteiger partial charge in [-0.25, -0.2) is 13.2 Å². The van der Waals surface area contributed by atoms with Crippen LogP contribution in [0.3, 0.4) is 0 Å². The standard InChI is InChI=1S/C19H26N4O5S/c1-13-6-7-15(22-29(2,27)28)14(12-13)16(24)20-10-5-11-23-17(25)19(21-18(23)26)8-3-4-9-19/h6-7,12,22H,3-5,8-11H2,1-2H3,(H,20,24)(H,21,26). The van der Waals surface area contributed by atoms with Crippen molar-refractivity contribution in [2.24, 2.45) is 0 Å². The minimum atomic E-state index is -3.52. The van der Waals surface area contributed by atoms with Crippen molar-refractivity contribution in [1.29, 1.82) is 0 Å². The van der Waals surface area contributed by atoms with Gasteiger partial charge in [-0.2, -0.15) is 0 Å². The van der Waals surface area contributed by atoms with Gasteiger partial charge in [-0.3, -0.25) is 19.2 Å². The number of anilines is 1. The second-order valence-electron chi connectivity index (χ2n) is 7.71. The van der Waals surface area contributed by atoms with Crippen molar-refractivity contribution in [3.05, 3.63) is 29.3 Å². The first-order valence-electron chi connectivity index (χ1n) is 9.62. The van der Waals surface area contributed by atoms with Crippen LogP contribution in [0.5, 0.6) is 0 Å². The van der Waals surface area contributed by atoms with E-state index in [1.807, 2.05) is 0 Å². The summed E-state index contributed by atoms with van der Waals surface area (Å²) in [5, 5.41) is 5.55. The van der Waals surface area contributed by atoms with E-state index in [2.05, 4.69) is 15.4 Å². The lowest BCUT2D eigenvalue weighted by molar-refractivity contribution is -0.131. The Balaban J connectivity index is 1.56. The second-order valence-corrected chi connectivity index (χ2v) is 9.46. The fraction of sp³-hybridized carbons (Fsp3) is 0.526. The van der Waals surface area contributed by atoms with Gasteiger partial charge in [0.05, 0.1) is 17.5 Å². The highest BCUT2D eigenvalue weighted by Gasteiger charge is 2.51. The zero-order chi connectivity index (χ0) is 21.2. The van der Waals surface area contributed by atoms with Crippen LogP contribution in [0.25, 0.3) is 0 Å². The quantitative estimate of drug-likeness (QED) is 0.452. The maximum atomic E-state index is 12.6. The lowest BCUT2D eigenvalue weighted by Gasteiger charge is -2.20. The van der Waals surface area contributed by atoms with Gasteiger partial charge < -0.3 is 10.6 Å². The second kappa shape index (κ2) is 8.02. The molecular weight excluding hydrogens is 396 g/mol. The van der Waals surface area contributed by atoms with Gasteiger partial charge in [0, 0.05) is 13.1 Å². The van der Waals surface area contributed by atoms with E-state index in [0.717, 1.165) is 24.7 Å². The molecule has 1 aliphatic carbocycles. The van der Waals surface area contributed by atoms with Crippen LogP contribution < -0.4 is 15.4 Å². The van der Waals surface area contributed by atoms with Crippen molar-refractivity contribution >= 4 is 33.6 Å². The molecule has 4 amide bonds. The third kappa shape index (κ3) is 4.69. The number of nitrogens with zero attached hydrogens (tertiary/aromatic N) is 1. The molecule has 1 heterocycles. The van der Waals surface area contributed by atoms with Crippen LogP contribution >= 0.6 is 0 Å². The lowest BCUT2D eigenvalue weighted by atomic mass is 9.98. The lowest BCUT2D eigenvalue weighted by Crippen LogP contribution is -2.44. The molecule has 3 rings (SSSR count).